The third-order valence-corrected chi connectivity index (χ3v) is 0.869. The minimum absolute atomic E-state index is 0.0592. The third kappa shape index (κ3) is 1.16. The Morgan fingerprint density at radius 3 is 2.67 bits per heavy atom. The molecule has 0 aromatic heterocycles. The summed E-state index contributed by atoms with van der Waals surface area (Å²) < 4.78 is 31.4. The molecule has 0 unspecified atom stereocenters. The Kier molecular flexibility index (Phi) is 1.06. The Morgan fingerprint density at radius 1 is 1.44 bits per heavy atom. The summed E-state index contributed by atoms with van der Waals surface area (Å²) in [5.74, 6) is -2.24. The maximum atomic E-state index is 12.3. The van der Waals surface area contributed by atoms with E-state index in [1.54, 1.807) is 0 Å². The van der Waals surface area contributed by atoms with Gasteiger partial charge in [0.2, 0.25) is 0 Å². The number of halogens is 2. The third-order valence-electron chi connectivity index (χ3n) is 0.869. The normalized spacial score (nSPS) is 11.1. The molecule has 1 aromatic carbocycles. The number of nitrogens with two attached hydrogens (primary N) is 1. The van der Waals surface area contributed by atoms with E-state index >= 15 is 0 Å². The number of hydrogen-bond donors (Lipinski definition) is 1. The average Bonchev–Trinajstić information content (AvgIpc) is 1.82. The molecule has 0 aliphatic rings. The fourth-order valence-corrected chi connectivity index (χ4v) is 0.467. The molecule has 0 aliphatic carbocycles. The van der Waals surface area contributed by atoms with Crippen LogP contribution in [0.3, 0.4) is 0 Å². The molecule has 0 amide bonds. The molecule has 0 saturated carbocycles. The van der Waals surface area contributed by atoms with Crippen molar-refractivity contribution in [3.63, 3.8) is 0 Å². The Morgan fingerprint density at radius 2 is 2.11 bits per heavy atom. The van der Waals surface area contributed by atoms with Crippen LogP contribution in [-0.4, -0.2) is 0 Å². The van der Waals surface area contributed by atoms with Gasteiger partial charge in [-0.1, -0.05) is 0 Å². The van der Waals surface area contributed by atoms with E-state index in [0.717, 1.165) is 12.1 Å². The van der Waals surface area contributed by atoms with Crippen LogP contribution in [0.5, 0.6) is 0 Å². The highest BCUT2D eigenvalue weighted by atomic mass is 19.2. The van der Waals surface area contributed by atoms with E-state index in [9.17, 15) is 8.78 Å². The van der Waals surface area contributed by atoms with Crippen LogP contribution >= 0.6 is 0 Å². The maximum absolute atomic E-state index is 12.3. The minimum Gasteiger partial charge on any atom is -0.399 e. The quantitative estimate of drug-likeness (QED) is 0.530. The Balaban J connectivity index is 3.31. The molecule has 0 heterocycles. The fraction of sp³-hybridized carbons (Fsp3) is 0. The van der Waals surface area contributed by atoms with Crippen LogP contribution in [0.25, 0.3) is 0 Å². The lowest BCUT2D eigenvalue weighted by molar-refractivity contribution is 0.509. The van der Waals surface area contributed by atoms with Gasteiger partial charge in [0, 0.05) is 5.69 Å². The molecule has 9 heavy (non-hydrogen) atoms. The van der Waals surface area contributed by atoms with Gasteiger partial charge in [-0.2, -0.15) is 0 Å². The van der Waals surface area contributed by atoms with Gasteiger partial charge in [-0.3, -0.25) is 0 Å². The second-order valence-electron chi connectivity index (χ2n) is 1.59. The fourth-order valence-electron chi connectivity index (χ4n) is 0.467. The van der Waals surface area contributed by atoms with Gasteiger partial charge in [-0.25, -0.2) is 8.78 Å². The van der Waals surface area contributed by atoms with Crippen molar-refractivity contribution in [2.75, 3.05) is 5.73 Å². The molecule has 1 nitrogen and oxygen atoms in total. The first kappa shape index (κ1) is 4.73. The van der Waals surface area contributed by atoms with Gasteiger partial charge < -0.3 is 5.73 Å². The van der Waals surface area contributed by atoms with Gasteiger partial charge in [-0.05, 0) is 18.2 Å². The van der Waals surface area contributed by atoms with Crippen LogP contribution < -0.4 is 5.73 Å². The summed E-state index contributed by atoms with van der Waals surface area (Å²) in [6.07, 6.45) is 0. The van der Waals surface area contributed by atoms with Gasteiger partial charge in [0.05, 0.1) is 1.37 Å². The summed E-state index contributed by atoms with van der Waals surface area (Å²) in [4.78, 5) is 0. The predicted molar refractivity (Wildman–Crippen MR) is 30.8 cm³/mol. The summed E-state index contributed by atoms with van der Waals surface area (Å²) in [5.41, 5.74) is 5.16. The molecular weight excluding hydrogens is 124 g/mol. The van der Waals surface area contributed by atoms with Gasteiger partial charge >= 0.3 is 0 Å². The Hall–Kier alpha value is -1.12. The van der Waals surface area contributed by atoms with Gasteiger partial charge in [0.15, 0.2) is 11.6 Å². The van der Waals surface area contributed by atoms with Crippen LogP contribution in [0, 0.1) is 11.6 Å². The second kappa shape index (κ2) is 2.01. The highest BCUT2D eigenvalue weighted by molar-refractivity contribution is 5.37. The zero-order chi connectivity index (χ0) is 7.72. The largest absolute Gasteiger partial charge is 0.399 e. The summed E-state index contributed by atoms with van der Waals surface area (Å²) in [7, 11) is 0. The molecule has 0 spiro atoms. The van der Waals surface area contributed by atoms with Crippen LogP contribution in [0.15, 0.2) is 18.2 Å². The van der Waals surface area contributed by atoms with E-state index in [-0.39, 0.29) is 5.69 Å². The van der Waals surface area contributed by atoms with E-state index in [1.165, 1.54) is 0 Å². The van der Waals surface area contributed by atoms with Gasteiger partial charge in [0.25, 0.3) is 0 Å². The first-order chi connectivity index (χ1) is 4.61. The number of rotatable bonds is 0. The van der Waals surface area contributed by atoms with E-state index in [4.69, 9.17) is 7.10 Å². The number of nitrogen functional groups attached to an aromatic ring is 1. The highest BCUT2D eigenvalue weighted by Gasteiger charge is 1.97. The molecular formula is C6H5F2N. The van der Waals surface area contributed by atoms with Crippen molar-refractivity contribution in [2.24, 2.45) is 0 Å². The molecule has 0 fully saturated rings. The first-order valence-electron chi connectivity index (χ1n) is 2.82. The summed E-state index contributed by atoms with van der Waals surface area (Å²) in [5, 5.41) is 0. The molecule has 1 aromatic rings. The van der Waals surface area contributed by atoms with Crippen molar-refractivity contribution in [2.45, 2.75) is 0 Å². The van der Waals surface area contributed by atoms with E-state index in [2.05, 4.69) is 0 Å². The van der Waals surface area contributed by atoms with Gasteiger partial charge in [-0.15, -0.1) is 0 Å². The van der Waals surface area contributed by atoms with Crippen molar-refractivity contribution in [3.05, 3.63) is 29.8 Å². The minimum atomic E-state index is -1.16. The van der Waals surface area contributed by atoms with Crippen LogP contribution in [0.1, 0.15) is 1.37 Å². The van der Waals surface area contributed by atoms with Gasteiger partial charge in [0.1, 0.15) is 0 Å². The van der Waals surface area contributed by atoms with E-state index in [1.807, 2.05) is 0 Å². The molecule has 0 aliphatic heterocycles. The number of hydrogen-bond acceptors (Lipinski definition) is 1. The van der Waals surface area contributed by atoms with Crippen molar-refractivity contribution in [3.8, 4) is 0 Å². The lowest BCUT2D eigenvalue weighted by atomic mass is 10.3. The highest BCUT2D eigenvalue weighted by Crippen LogP contribution is 2.08. The monoisotopic (exact) mass is 130 g/mol. The smallest absolute Gasteiger partial charge is 0.160 e. The molecule has 3 heteroatoms. The zero-order valence-electron chi connectivity index (χ0n) is 5.49. The van der Waals surface area contributed by atoms with Crippen molar-refractivity contribution in [1.29, 1.82) is 0 Å². The van der Waals surface area contributed by atoms with Crippen molar-refractivity contribution < 1.29 is 10.2 Å². The molecule has 0 bridgehead atoms. The maximum Gasteiger partial charge on any atom is 0.160 e. The lowest BCUT2D eigenvalue weighted by Gasteiger charge is -1.91. The first-order valence-corrected chi connectivity index (χ1v) is 2.32. The van der Waals surface area contributed by atoms with E-state index in [0.29, 0.717) is 0 Å². The van der Waals surface area contributed by atoms with Crippen molar-refractivity contribution >= 4 is 5.69 Å². The van der Waals surface area contributed by atoms with E-state index < -0.39 is 17.7 Å². The average molecular weight is 130 g/mol. The second-order valence-corrected chi connectivity index (χ2v) is 1.59. The van der Waals surface area contributed by atoms with Crippen LogP contribution in [-0.2, 0) is 0 Å². The zero-order valence-corrected chi connectivity index (χ0v) is 4.49. The van der Waals surface area contributed by atoms with Crippen molar-refractivity contribution in [1.82, 2.24) is 0 Å². The Bertz CT molecular complexity index is 239. The molecule has 0 saturated heterocycles. The van der Waals surface area contributed by atoms with Crippen LogP contribution in [0.4, 0.5) is 14.5 Å². The molecule has 0 radical (unpaired) electrons. The summed E-state index contributed by atoms with van der Waals surface area (Å²) in [6.45, 7) is 0. The predicted octanol–water partition coefficient (Wildman–Crippen LogP) is 1.55. The summed E-state index contributed by atoms with van der Waals surface area (Å²) >= 11 is 0. The molecule has 1 rings (SSSR count). The topological polar surface area (TPSA) is 26.0 Å². The van der Waals surface area contributed by atoms with Crippen LogP contribution in [0.2, 0.25) is 0 Å². The molecule has 48 valence electrons. The lowest BCUT2D eigenvalue weighted by Crippen LogP contribution is -1.88. The summed E-state index contributed by atoms with van der Waals surface area (Å²) in [6, 6.07) is 1.38. The molecule has 0 atom stereocenters. The SMILES string of the molecule is [2H]c1cc(N)cc(F)c1F. The standard InChI is InChI=1S/C6H5F2N/c7-5-2-1-4(9)3-6(5)8/h1-3H,9H2/i2D. The Labute approximate surface area is 52.5 Å². The molecule has 2 N–H and O–H groups in total. The number of benzene rings is 1. The number of anilines is 1.